The van der Waals surface area contributed by atoms with E-state index in [0.29, 0.717) is 19.0 Å². The molecule has 0 aromatic carbocycles. The van der Waals surface area contributed by atoms with Crippen LogP contribution in [0.15, 0.2) is 18.5 Å². The Balaban J connectivity index is 1.36. The third-order valence-corrected chi connectivity index (χ3v) is 5.51. The molecule has 4 heterocycles. The largest absolute Gasteiger partial charge is 0.341 e. The molecular formula is C17H25N7O. The summed E-state index contributed by atoms with van der Waals surface area (Å²) in [6.07, 6.45) is 5.91. The molecule has 1 saturated heterocycles. The normalized spacial score (nSPS) is 22.2. The van der Waals surface area contributed by atoms with Gasteiger partial charge in [0.05, 0.1) is 13.1 Å². The molecule has 0 N–H and O–H groups in total. The van der Waals surface area contributed by atoms with E-state index in [1.807, 2.05) is 42.0 Å². The average Bonchev–Trinajstić information content (AvgIpc) is 3.24. The molecule has 134 valence electrons. The summed E-state index contributed by atoms with van der Waals surface area (Å²) in [5, 5.41) is 12.6. The van der Waals surface area contributed by atoms with E-state index in [1.165, 1.54) is 0 Å². The first-order chi connectivity index (χ1) is 12.1. The third kappa shape index (κ3) is 3.18. The van der Waals surface area contributed by atoms with Crippen LogP contribution in [0.25, 0.3) is 0 Å². The summed E-state index contributed by atoms with van der Waals surface area (Å²) in [4.78, 5) is 17.2. The van der Waals surface area contributed by atoms with Crippen molar-refractivity contribution < 1.29 is 4.79 Å². The van der Waals surface area contributed by atoms with Gasteiger partial charge in [0.1, 0.15) is 17.7 Å². The summed E-state index contributed by atoms with van der Waals surface area (Å²) in [7, 11) is 2.00. The number of carbonyl (C=O) groups excluding carboxylic acids is 1. The maximum atomic E-state index is 13.0. The van der Waals surface area contributed by atoms with Gasteiger partial charge >= 0.3 is 0 Å². The van der Waals surface area contributed by atoms with Crippen LogP contribution in [0.2, 0.25) is 0 Å². The molecule has 0 aliphatic carbocycles. The number of hydrogen-bond acceptors (Lipinski definition) is 5. The van der Waals surface area contributed by atoms with E-state index in [0.717, 1.165) is 44.1 Å². The van der Waals surface area contributed by atoms with Crippen molar-refractivity contribution in [3.8, 4) is 0 Å². The van der Waals surface area contributed by atoms with Crippen LogP contribution in [0.1, 0.15) is 24.5 Å². The predicted octanol–water partition coefficient (Wildman–Crippen LogP) is 0.536. The highest BCUT2D eigenvalue weighted by Gasteiger charge is 2.35. The number of aryl methyl sites for hydroxylation is 1. The summed E-state index contributed by atoms with van der Waals surface area (Å²) < 4.78 is 4.07. The Morgan fingerprint density at radius 3 is 2.80 bits per heavy atom. The number of carbonyl (C=O) groups is 1. The van der Waals surface area contributed by atoms with Gasteiger partial charge in [-0.05, 0) is 38.8 Å². The van der Waals surface area contributed by atoms with E-state index < -0.39 is 0 Å². The van der Waals surface area contributed by atoms with Crippen molar-refractivity contribution in [1.29, 1.82) is 0 Å². The van der Waals surface area contributed by atoms with Crippen LogP contribution in [0.5, 0.6) is 0 Å². The molecule has 1 fully saturated rings. The Hall–Kier alpha value is -2.22. The van der Waals surface area contributed by atoms with Crippen molar-refractivity contribution in [2.24, 2.45) is 5.92 Å². The van der Waals surface area contributed by atoms with E-state index in [1.54, 1.807) is 0 Å². The Bertz CT molecular complexity index is 730. The van der Waals surface area contributed by atoms with Gasteiger partial charge in [0.25, 0.3) is 0 Å². The van der Waals surface area contributed by atoms with Gasteiger partial charge in [0.15, 0.2) is 0 Å². The molecule has 2 aromatic rings. The number of likely N-dealkylation sites (N-methyl/N-ethyl adjacent to an activating group) is 1. The summed E-state index contributed by atoms with van der Waals surface area (Å²) in [6, 6.07) is 1.84. The highest BCUT2D eigenvalue weighted by atomic mass is 16.2. The van der Waals surface area contributed by atoms with Crippen LogP contribution in [-0.4, -0.2) is 66.4 Å². The Labute approximate surface area is 147 Å². The fourth-order valence-corrected chi connectivity index (χ4v) is 3.91. The summed E-state index contributed by atoms with van der Waals surface area (Å²) in [6.45, 7) is 5.89. The zero-order chi connectivity index (χ0) is 17.4. The smallest absolute Gasteiger partial charge is 0.241 e. The van der Waals surface area contributed by atoms with Crippen LogP contribution in [0.4, 0.5) is 0 Å². The van der Waals surface area contributed by atoms with E-state index >= 15 is 0 Å². The van der Waals surface area contributed by atoms with E-state index in [4.69, 9.17) is 0 Å². The molecule has 25 heavy (non-hydrogen) atoms. The lowest BCUT2D eigenvalue weighted by Gasteiger charge is -2.38. The number of rotatable bonds is 3. The number of piperidine rings is 1. The van der Waals surface area contributed by atoms with Crippen LogP contribution in [-0.2, 0) is 24.4 Å². The van der Waals surface area contributed by atoms with Gasteiger partial charge in [0.2, 0.25) is 5.91 Å². The summed E-state index contributed by atoms with van der Waals surface area (Å²) in [5.41, 5.74) is 0. The van der Waals surface area contributed by atoms with Gasteiger partial charge in [-0.1, -0.05) is 0 Å². The first-order valence-corrected chi connectivity index (χ1v) is 8.97. The molecular weight excluding hydrogens is 318 g/mol. The van der Waals surface area contributed by atoms with Crippen molar-refractivity contribution in [3.63, 3.8) is 0 Å². The molecule has 2 aromatic heterocycles. The van der Waals surface area contributed by atoms with Crippen molar-refractivity contribution in [3.05, 3.63) is 30.1 Å². The van der Waals surface area contributed by atoms with Crippen molar-refractivity contribution in [2.45, 2.75) is 45.4 Å². The SMILES string of the molecule is Cc1nnc2n1CC(C(=O)N1CCC(Cn3cccn3)CC1)N(C)C2. The molecule has 8 nitrogen and oxygen atoms in total. The monoisotopic (exact) mass is 343 g/mol. The number of likely N-dealkylation sites (tertiary alicyclic amines) is 1. The molecule has 1 atom stereocenters. The Morgan fingerprint density at radius 1 is 1.28 bits per heavy atom. The van der Waals surface area contributed by atoms with Gasteiger partial charge in [0, 0.05) is 32.0 Å². The Morgan fingerprint density at radius 2 is 2.08 bits per heavy atom. The predicted molar refractivity (Wildman–Crippen MR) is 91.5 cm³/mol. The minimum Gasteiger partial charge on any atom is -0.341 e. The second kappa shape index (κ2) is 6.59. The molecule has 8 heteroatoms. The molecule has 0 bridgehead atoms. The molecule has 1 unspecified atom stereocenters. The number of amides is 1. The highest BCUT2D eigenvalue weighted by molar-refractivity contribution is 5.82. The molecule has 1 amide bonds. The maximum Gasteiger partial charge on any atom is 0.241 e. The van der Waals surface area contributed by atoms with Crippen LogP contribution < -0.4 is 0 Å². The van der Waals surface area contributed by atoms with Crippen LogP contribution in [0.3, 0.4) is 0 Å². The number of nitrogens with zero attached hydrogens (tertiary/aromatic N) is 7. The van der Waals surface area contributed by atoms with E-state index in [-0.39, 0.29) is 11.9 Å². The standard InChI is InChI=1S/C17H25N7O/c1-13-19-20-16-12-21(2)15(11-24(13)16)17(25)22-8-4-14(5-9-22)10-23-7-3-6-18-23/h3,6-7,14-15H,4-5,8-12H2,1-2H3. The fraction of sp³-hybridized carbons (Fsp3) is 0.647. The number of hydrogen-bond donors (Lipinski definition) is 0. The quantitative estimate of drug-likeness (QED) is 0.813. The van der Waals surface area contributed by atoms with E-state index in [9.17, 15) is 4.79 Å². The topological polar surface area (TPSA) is 72.1 Å². The molecule has 0 spiro atoms. The second-order valence-corrected chi connectivity index (χ2v) is 7.20. The highest BCUT2D eigenvalue weighted by Crippen LogP contribution is 2.22. The van der Waals surface area contributed by atoms with Gasteiger partial charge < -0.3 is 9.47 Å². The van der Waals surface area contributed by atoms with Gasteiger partial charge in [-0.2, -0.15) is 5.10 Å². The van der Waals surface area contributed by atoms with Gasteiger partial charge in [-0.15, -0.1) is 10.2 Å². The summed E-state index contributed by atoms with van der Waals surface area (Å²) in [5.74, 6) is 2.67. The van der Waals surface area contributed by atoms with Crippen LogP contribution in [0, 0.1) is 12.8 Å². The zero-order valence-corrected chi connectivity index (χ0v) is 14.9. The van der Waals surface area contributed by atoms with Crippen molar-refractivity contribution in [2.75, 3.05) is 20.1 Å². The first kappa shape index (κ1) is 16.3. The third-order valence-electron chi connectivity index (χ3n) is 5.51. The molecule has 2 aliphatic rings. The fourth-order valence-electron chi connectivity index (χ4n) is 3.91. The van der Waals surface area contributed by atoms with Crippen molar-refractivity contribution >= 4 is 5.91 Å². The van der Waals surface area contributed by atoms with Gasteiger partial charge in [-0.25, -0.2) is 0 Å². The summed E-state index contributed by atoms with van der Waals surface area (Å²) >= 11 is 0. The second-order valence-electron chi connectivity index (χ2n) is 7.20. The number of aromatic nitrogens is 5. The van der Waals surface area contributed by atoms with Gasteiger partial charge in [-0.3, -0.25) is 14.4 Å². The first-order valence-electron chi connectivity index (χ1n) is 8.97. The lowest BCUT2D eigenvalue weighted by Crippen LogP contribution is -2.53. The van der Waals surface area contributed by atoms with Crippen LogP contribution >= 0.6 is 0 Å². The Kier molecular flexibility index (Phi) is 4.29. The minimum absolute atomic E-state index is 0.120. The molecule has 0 radical (unpaired) electrons. The molecule has 2 aliphatic heterocycles. The lowest BCUT2D eigenvalue weighted by atomic mass is 9.96. The minimum atomic E-state index is -0.120. The van der Waals surface area contributed by atoms with E-state index in [2.05, 4.69) is 24.8 Å². The molecule has 4 rings (SSSR count). The van der Waals surface area contributed by atoms with Crippen molar-refractivity contribution in [1.82, 2.24) is 34.3 Å². The molecule has 0 saturated carbocycles. The number of fused-ring (bicyclic) bond motifs is 1. The average molecular weight is 343 g/mol. The maximum absolute atomic E-state index is 13.0. The zero-order valence-electron chi connectivity index (χ0n) is 14.9. The lowest BCUT2D eigenvalue weighted by molar-refractivity contribution is -0.139.